The maximum absolute atomic E-state index is 9.99. The summed E-state index contributed by atoms with van der Waals surface area (Å²) in [5.41, 5.74) is 1.07. The van der Waals surface area contributed by atoms with Crippen LogP contribution in [-0.2, 0) is 0 Å². The average molecular weight is 285 g/mol. The Bertz CT molecular complexity index is 464. The van der Waals surface area contributed by atoms with Crippen molar-refractivity contribution in [3.05, 3.63) is 33.6 Å². The standard InChI is InChI=1S/C12H13BrOS/c1-2-4-11(14)9-7-15-12-8(9)5-3-6-10(12)13/h3,5-7,11,14H,2,4H2,1H3. The molecule has 0 aliphatic carbocycles. The fourth-order valence-corrected chi connectivity index (χ4v) is 3.40. The molecule has 1 N–H and O–H groups in total. The van der Waals surface area contributed by atoms with E-state index in [0.29, 0.717) is 0 Å². The second-order valence-electron chi connectivity index (χ2n) is 3.61. The summed E-state index contributed by atoms with van der Waals surface area (Å²) in [4.78, 5) is 0. The van der Waals surface area contributed by atoms with Gasteiger partial charge >= 0.3 is 0 Å². The largest absolute Gasteiger partial charge is 0.388 e. The first-order valence-electron chi connectivity index (χ1n) is 5.07. The number of thiophene rings is 1. The molecule has 0 saturated carbocycles. The molecule has 0 amide bonds. The van der Waals surface area contributed by atoms with E-state index < -0.39 is 0 Å². The maximum atomic E-state index is 9.99. The van der Waals surface area contributed by atoms with E-state index >= 15 is 0 Å². The molecule has 15 heavy (non-hydrogen) atoms. The van der Waals surface area contributed by atoms with Crippen LogP contribution in [0.4, 0.5) is 0 Å². The lowest BCUT2D eigenvalue weighted by Crippen LogP contribution is -1.94. The molecule has 0 radical (unpaired) electrons. The summed E-state index contributed by atoms with van der Waals surface area (Å²) in [5, 5.41) is 13.2. The van der Waals surface area contributed by atoms with Crippen molar-refractivity contribution >= 4 is 37.4 Å². The molecule has 1 nitrogen and oxygen atoms in total. The first kappa shape index (κ1) is 11.1. The monoisotopic (exact) mass is 284 g/mol. The summed E-state index contributed by atoms with van der Waals surface area (Å²) in [6.07, 6.45) is 1.52. The SMILES string of the molecule is CCCC(O)c1csc2c(Br)cccc12. The third-order valence-electron chi connectivity index (χ3n) is 2.50. The van der Waals surface area contributed by atoms with E-state index in [1.54, 1.807) is 11.3 Å². The number of benzene rings is 1. The van der Waals surface area contributed by atoms with Crippen molar-refractivity contribution in [1.82, 2.24) is 0 Å². The fraction of sp³-hybridized carbons (Fsp3) is 0.333. The van der Waals surface area contributed by atoms with Gasteiger partial charge in [0.1, 0.15) is 0 Å². The van der Waals surface area contributed by atoms with Crippen LogP contribution < -0.4 is 0 Å². The highest BCUT2D eigenvalue weighted by atomic mass is 79.9. The number of hydrogen-bond donors (Lipinski definition) is 1. The molecule has 0 bridgehead atoms. The van der Waals surface area contributed by atoms with Crippen LogP contribution in [-0.4, -0.2) is 5.11 Å². The Morgan fingerprint density at radius 3 is 3.00 bits per heavy atom. The van der Waals surface area contributed by atoms with Crippen molar-refractivity contribution in [3.8, 4) is 0 Å². The van der Waals surface area contributed by atoms with Gasteiger partial charge in [-0.05, 0) is 44.7 Å². The molecule has 1 aromatic carbocycles. The molecule has 0 aliphatic heterocycles. The zero-order valence-electron chi connectivity index (χ0n) is 8.53. The van der Waals surface area contributed by atoms with E-state index in [2.05, 4.69) is 34.3 Å². The Morgan fingerprint density at radius 1 is 1.47 bits per heavy atom. The second kappa shape index (κ2) is 4.64. The zero-order valence-corrected chi connectivity index (χ0v) is 10.9. The molecular formula is C12H13BrOS. The lowest BCUT2D eigenvalue weighted by atomic mass is 10.0. The summed E-state index contributed by atoms with van der Waals surface area (Å²) in [7, 11) is 0. The molecule has 1 atom stereocenters. The highest BCUT2D eigenvalue weighted by Gasteiger charge is 2.13. The Hall–Kier alpha value is -0.380. The van der Waals surface area contributed by atoms with Gasteiger partial charge in [-0.3, -0.25) is 0 Å². The van der Waals surface area contributed by atoms with Gasteiger partial charge in [-0.15, -0.1) is 11.3 Å². The van der Waals surface area contributed by atoms with Crippen LogP contribution in [0.25, 0.3) is 10.1 Å². The van der Waals surface area contributed by atoms with Crippen molar-refractivity contribution in [2.24, 2.45) is 0 Å². The van der Waals surface area contributed by atoms with E-state index in [-0.39, 0.29) is 6.10 Å². The number of aliphatic hydroxyl groups is 1. The van der Waals surface area contributed by atoms with Crippen molar-refractivity contribution in [2.45, 2.75) is 25.9 Å². The Kier molecular flexibility index (Phi) is 3.44. The maximum Gasteiger partial charge on any atom is 0.0804 e. The van der Waals surface area contributed by atoms with E-state index in [1.807, 2.05) is 12.1 Å². The number of halogens is 1. The zero-order chi connectivity index (χ0) is 10.8. The van der Waals surface area contributed by atoms with Crippen LogP contribution in [0.3, 0.4) is 0 Å². The van der Waals surface area contributed by atoms with Gasteiger partial charge in [0.05, 0.1) is 6.10 Å². The molecular weight excluding hydrogens is 272 g/mol. The molecule has 80 valence electrons. The van der Waals surface area contributed by atoms with Gasteiger partial charge in [-0.2, -0.15) is 0 Å². The summed E-state index contributed by atoms with van der Waals surface area (Å²) in [6.45, 7) is 2.09. The van der Waals surface area contributed by atoms with E-state index in [9.17, 15) is 5.11 Å². The van der Waals surface area contributed by atoms with Gasteiger partial charge in [0.15, 0.2) is 0 Å². The molecule has 2 rings (SSSR count). The second-order valence-corrected chi connectivity index (χ2v) is 5.35. The van der Waals surface area contributed by atoms with Crippen molar-refractivity contribution in [2.75, 3.05) is 0 Å². The number of aliphatic hydroxyl groups excluding tert-OH is 1. The smallest absolute Gasteiger partial charge is 0.0804 e. The predicted octanol–water partition coefficient (Wildman–Crippen LogP) is 4.50. The molecule has 0 aliphatic rings. The predicted molar refractivity (Wildman–Crippen MR) is 69.4 cm³/mol. The van der Waals surface area contributed by atoms with Crippen LogP contribution in [0.15, 0.2) is 28.1 Å². The van der Waals surface area contributed by atoms with Gasteiger partial charge in [-0.1, -0.05) is 25.5 Å². The normalized spacial score (nSPS) is 13.3. The van der Waals surface area contributed by atoms with E-state index in [4.69, 9.17) is 0 Å². The minimum absolute atomic E-state index is 0.321. The summed E-state index contributed by atoms with van der Waals surface area (Å²) >= 11 is 5.21. The average Bonchev–Trinajstić information content (AvgIpc) is 2.63. The highest BCUT2D eigenvalue weighted by Crippen LogP contribution is 2.36. The molecule has 1 unspecified atom stereocenters. The van der Waals surface area contributed by atoms with Gasteiger partial charge in [0.2, 0.25) is 0 Å². The lowest BCUT2D eigenvalue weighted by molar-refractivity contribution is 0.168. The summed E-state index contributed by atoms with van der Waals surface area (Å²) in [5.74, 6) is 0. The third-order valence-corrected chi connectivity index (χ3v) is 4.47. The first-order valence-corrected chi connectivity index (χ1v) is 6.75. The van der Waals surface area contributed by atoms with Crippen LogP contribution in [0.2, 0.25) is 0 Å². The van der Waals surface area contributed by atoms with Crippen LogP contribution >= 0.6 is 27.3 Å². The Morgan fingerprint density at radius 2 is 2.27 bits per heavy atom. The van der Waals surface area contributed by atoms with Crippen LogP contribution in [0, 0.1) is 0 Å². The molecule has 3 heteroatoms. The Balaban J connectivity index is 2.49. The number of fused-ring (bicyclic) bond motifs is 1. The third kappa shape index (κ3) is 2.10. The van der Waals surface area contributed by atoms with Gasteiger partial charge < -0.3 is 5.11 Å². The molecule has 0 fully saturated rings. The molecule has 0 saturated heterocycles. The molecule has 1 aromatic heterocycles. The molecule has 2 aromatic rings. The van der Waals surface area contributed by atoms with Crippen molar-refractivity contribution < 1.29 is 5.11 Å². The van der Waals surface area contributed by atoms with E-state index in [0.717, 1.165) is 22.9 Å². The van der Waals surface area contributed by atoms with Gasteiger partial charge in [-0.25, -0.2) is 0 Å². The Labute approximate surface area is 102 Å². The van der Waals surface area contributed by atoms with Crippen molar-refractivity contribution in [3.63, 3.8) is 0 Å². The summed E-state index contributed by atoms with van der Waals surface area (Å²) in [6, 6.07) is 6.13. The van der Waals surface area contributed by atoms with Crippen molar-refractivity contribution in [1.29, 1.82) is 0 Å². The fourth-order valence-electron chi connectivity index (χ4n) is 1.73. The van der Waals surface area contributed by atoms with E-state index in [1.165, 1.54) is 10.1 Å². The minimum atomic E-state index is -0.321. The topological polar surface area (TPSA) is 20.2 Å². The molecule has 0 spiro atoms. The number of rotatable bonds is 3. The lowest BCUT2D eigenvalue weighted by Gasteiger charge is -2.07. The van der Waals surface area contributed by atoms with Gasteiger partial charge in [0.25, 0.3) is 0 Å². The van der Waals surface area contributed by atoms with Gasteiger partial charge in [0, 0.05) is 9.17 Å². The minimum Gasteiger partial charge on any atom is -0.388 e. The van der Waals surface area contributed by atoms with Crippen LogP contribution in [0.1, 0.15) is 31.4 Å². The summed E-state index contributed by atoms with van der Waals surface area (Å²) < 4.78 is 2.34. The number of hydrogen-bond acceptors (Lipinski definition) is 2. The molecule has 1 heterocycles. The quantitative estimate of drug-likeness (QED) is 0.880. The van der Waals surface area contributed by atoms with Crippen LogP contribution in [0.5, 0.6) is 0 Å². The first-order chi connectivity index (χ1) is 7.24. The highest BCUT2D eigenvalue weighted by molar-refractivity contribution is 9.10.